The number of aromatic amines is 1. The summed E-state index contributed by atoms with van der Waals surface area (Å²) in [6, 6.07) is 23.3. The standard InChI is InChI=1S/C26H24N4O2/c31-26(30-16-20-8-5-6-12-27-20)24(14-19-15-28-23-10-3-2-9-22(19)23)29-17-21-13-18-7-1-4-11-25(18)32-21/h1-13,15,24,28-29H,14,16-17H2,(H,30,31). The van der Waals surface area contributed by atoms with Gasteiger partial charge in [-0.2, -0.15) is 0 Å². The normalized spacial score (nSPS) is 12.2. The van der Waals surface area contributed by atoms with E-state index < -0.39 is 6.04 Å². The molecule has 0 aliphatic heterocycles. The summed E-state index contributed by atoms with van der Waals surface area (Å²) in [7, 11) is 0. The first kappa shape index (κ1) is 20.0. The van der Waals surface area contributed by atoms with Crippen LogP contribution in [0.25, 0.3) is 21.9 Å². The molecule has 3 heterocycles. The molecule has 5 rings (SSSR count). The molecular formula is C26H24N4O2. The highest BCUT2D eigenvalue weighted by Crippen LogP contribution is 2.21. The molecule has 0 bridgehead atoms. The van der Waals surface area contributed by atoms with Gasteiger partial charge in [-0.15, -0.1) is 0 Å². The second kappa shape index (κ2) is 9.08. The molecule has 6 nitrogen and oxygen atoms in total. The number of benzene rings is 2. The van der Waals surface area contributed by atoms with Crippen LogP contribution < -0.4 is 10.6 Å². The van der Waals surface area contributed by atoms with E-state index in [0.29, 0.717) is 19.5 Å². The third kappa shape index (κ3) is 4.40. The van der Waals surface area contributed by atoms with Crippen molar-refractivity contribution in [2.75, 3.05) is 0 Å². The lowest BCUT2D eigenvalue weighted by Gasteiger charge is -2.18. The highest BCUT2D eigenvalue weighted by atomic mass is 16.3. The predicted molar refractivity (Wildman–Crippen MR) is 125 cm³/mol. The van der Waals surface area contributed by atoms with E-state index in [1.165, 1.54) is 0 Å². The Balaban J connectivity index is 1.33. The summed E-state index contributed by atoms with van der Waals surface area (Å²) >= 11 is 0. The van der Waals surface area contributed by atoms with Crippen LogP contribution in [0.2, 0.25) is 0 Å². The number of nitrogens with zero attached hydrogens (tertiary/aromatic N) is 1. The summed E-state index contributed by atoms with van der Waals surface area (Å²) in [4.78, 5) is 20.7. The van der Waals surface area contributed by atoms with E-state index in [0.717, 1.165) is 38.9 Å². The molecule has 1 amide bonds. The number of nitrogens with one attached hydrogen (secondary N) is 3. The van der Waals surface area contributed by atoms with E-state index in [1.807, 2.05) is 72.9 Å². The minimum atomic E-state index is -0.425. The number of hydrogen-bond donors (Lipinski definition) is 3. The zero-order chi connectivity index (χ0) is 21.8. The molecule has 0 radical (unpaired) electrons. The average molecular weight is 425 g/mol. The van der Waals surface area contributed by atoms with Crippen molar-refractivity contribution in [3.8, 4) is 0 Å². The van der Waals surface area contributed by atoms with Crippen LogP contribution in [0, 0.1) is 0 Å². The Bertz CT molecular complexity index is 1310. The Morgan fingerprint density at radius 2 is 1.84 bits per heavy atom. The monoisotopic (exact) mass is 424 g/mol. The Morgan fingerprint density at radius 3 is 2.72 bits per heavy atom. The minimum Gasteiger partial charge on any atom is -0.460 e. The molecule has 2 aromatic carbocycles. The van der Waals surface area contributed by atoms with Gasteiger partial charge in [-0.1, -0.05) is 42.5 Å². The van der Waals surface area contributed by atoms with Crippen LogP contribution in [-0.2, 0) is 24.3 Å². The molecule has 1 unspecified atom stereocenters. The first-order chi connectivity index (χ1) is 15.8. The maximum Gasteiger partial charge on any atom is 0.237 e. The second-order valence-corrected chi connectivity index (χ2v) is 7.79. The number of pyridine rings is 1. The molecule has 3 N–H and O–H groups in total. The number of hydrogen-bond acceptors (Lipinski definition) is 4. The van der Waals surface area contributed by atoms with Gasteiger partial charge in [0.2, 0.25) is 5.91 Å². The molecule has 160 valence electrons. The summed E-state index contributed by atoms with van der Waals surface area (Å²) in [6.45, 7) is 0.842. The predicted octanol–water partition coefficient (Wildman–Crippen LogP) is 4.33. The molecule has 32 heavy (non-hydrogen) atoms. The molecular weight excluding hydrogens is 400 g/mol. The Morgan fingerprint density at radius 1 is 1.00 bits per heavy atom. The number of amides is 1. The Hall–Kier alpha value is -3.90. The van der Waals surface area contributed by atoms with Crippen molar-refractivity contribution >= 4 is 27.8 Å². The fourth-order valence-corrected chi connectivity index (χ4v) is 3.93. The number of fused-ring (bicyclic) bond motifs is 2. The first-order valence-corrected chi connectivity index (χ1v) is 10.7. The van der Waals surface area contributed by atoms with Crippen LogP contribution in [0.3, 0.4) is 0 Å². The van der Waals surface area contributed by atoms with Crippen LogP contribution in [0.1, 0.15) is 17.0 Å². The van der Waals surface area contributed by atoms with Crippen molar-refractivity contribution in [1.29, 1.82) is 0 Å². The molecule has 0 fully saturated rings. The van der Waals surface area contributed by atoms with Crippen LogP contribution >= 0.6 is 0 Å². The van der Waals surface area contributed by atoms with Crippen LogP contribution in [0.5, 0.6) is 0 Å². The molecule has 1 atom stereocenters. The third-order valence-corrected chi connectivity index (χ3v) is 5.58. The first-order valence-electron chi connectivity index (χ1n) is 10.7. The average Bonchev–Trinajstić information content (AvgIpc) is 3.44. The molecule has 0 aliphatic carbocycles. The zero-order valence-electron chi connectivity index (χ0n) is 17.5. The van der Waals surface area contributed by atoms with Gasteiger partial charge in [-0.05, 0) is 42.3 Å². The number of rotatable bonds is 8. The van der Waals surface area contributed by atoms with Crippen LogP contribution in [-0.4, -0.2) is 21.9 Å². The highest BCUT2D eigenvalue weighted by Gasteiger charge is 2.21. The lowest BCUT2D eigenvalue weighted by atomic mass is 10.0. The van der Waals surface area contributed by atoms with E-state index in [2.05, 4.69) is 26.7 Å². The largest absolute Gasteiger partial charge is 0.460 e. The second-order valence-electron chi connectivity index (χ2n) is 7.79. The SMILES string of the molecule is O=C(NCc1ccccn1)C(Cc1c[nH]c2ccccc12)NCc1cc2ccccc2o1. The smallest absolute Gasteiger partial charge is 0.237 e. The van der Waals surface area contributed by atoms with Gasteiger partial charge in [0.25, 0.3) is 0 Å². The maximum absolute atomic E-state index is 13.1. The fourth-order valence-electron chi connectivity index (χ4n) is 3.93. The van der Waals surface area contributed by atoms with Gasteiger partial charge in [0, 0.05) is 28.7 Å². The summed E-state index contributed by atoms with van der Waals surface area (Å²) in [6.07, 6.45) is 4.26. The van der Waals surface area contributed by atoms with E-state index in [9.17, 15) is 4.79 Å². The quantitative estimate of drug-likeness (QED) is 0.346. The summed E-state index contributed by atoms with van der Waals surface area (Å²) in [5, 5.41) is 8.59. The molecule has 6 heteroatoms. The van der Waals surface area contributed by atoms with Crippen molar-refractivity contribution in [3.63, 3.8) is 0 Å². The van der Waals surface area contributed by atoms with E-state index in [-0.39, 0.29) is 5.91 Å². The van der Waals surface area contributed by atoms with Gasteiger partial charge in [-0.3, -0.25) is 15.1 Å². The molecule has 0 saturated carbocycles. The van der Waals surface area contributed by atoms with E-state index in [1.54, 1.807) is 6.20 Å². The molecule has 5 aromatic rings. The van der Waals surface area contributed by atoms with Gasteiger partial charge in [0.15, 0.2) is 0 Å². The Labute approximate surface area is 185 Å². The number of para-hydroxylation sites is 2. The summed E-state index contributed by atoms with van der Waals surface area (Å²) in [5.74, 6) is 0.727. The molecule has 0 aliphatic rings. The minimum absolute atomic E-state index is 0.0722. The van der Waals surface area contributed by atoms with Crippen molar-refractivity contribution in [1.82, 2.24) is 20.6 Å². The maximum atomic E-state index is 13.1. The van der Waals surface area contributed by atoms with Gasteiger partial charge < -0.3 is 14.7 Å². The number of carbonyl (C=O) groups is 1. The van der Waals surface area contributed by atoms with Crippen molar-refractivity contribution in [3.05, 3.63) is 102 Å². The van der Waals surface area contributed by atoms with Gasteiger partial charge in [-0.25, -0.2) is 0 Å². The fraction of sp³-hybridized carbons (Fsp3) is 0.154. The van der Waals surface area contributed by atoms with Crippen LogP contribution in [0.4, 0.5) is 0 Å². The van der Waals surface area contributed by atoms with E-state index >= 15 is 0 Å². The third-order valence-electron chi connectivity index (χ3n) is 5.58. The van der Waals surface area contributed by atoms with Crippen molar-refractivity contribution in [2.24, 2.45) is 0 Å². The number of carbonyl (C=O) groups excluding carboxylic acids is 1. The lowest BCUT2D eigenvalue weighted by molar-refractivity contribution is -0.123. The van der Waals surface area contributed by atoms with Gasteiger partial charge in [0.05, 0.1) is 24.8 Å². The summed E-state index contributed by atoms with van der Waals surface area (Å²) < 4.78 is 5.92. The number of aromatic nitrogens is 2. The zero-order valence-corrected chi connectivity index (χ0v) is 17.5. The highest BCUT2D eigenvalue weighted by molar-refractivity contribution is 5.86. The summed E-state index contributed by atoms with van der Waals surface area (Å²) in [5.41, 5.74) is 3.82. The van der Waals surface area contributed by atoms with Crippen LogP contribution in [0.15, 0.2) is 89.6 Å². The lowest BCUT2D eigenvalue weighted by Crippen LogP contribution is -2.45. The van der Waals surface area contributed by atoms with Crippen molar-refractivity contribution < 1.29 is 9.21 Å². The van der Waals surface area contributed by atoms with E-state index in [4.69, 9.17) is 4.42 Å². The number of H-pyrrole nitrogens is 1. The molecule has 0 spiro atoms. The topological polar surface area (TPSA) is 83.0 Å². The molecule has 0 saturated heterocycles. The number of furan rings is 1. The van der Waals surface area contributed by atoms with Crippen molar-refractivity contribution in [2.45, 2.75) is 25.6 Å². The van der Waals surface area contributed by atoms with Gasteiger partial charge in [0.1, 0.15) is 11.3 Å². The Kier molecular flexibility index (Phi) is 5.68. The van der Waals surface area contributed by atoms with Gasteiger partial charge >= 0.3 is 0 Å². The molecule has 3 aromatic heterocycles.